The van der Waals surface area contributed by atoms with E-state index in [9.17, 15) is 4.39 Å². The van der Waals surface area contributed by atoms with Gasteiger partial charge in [0.15, 0.2) is 12.1 Å². The molecule has 2 aliphatic carbocycles. The lowest BCUT2D eigenvalue weighted by molar-refractivity contribution is 0.120. The molecule has 0 aliphatic heterocycles. The van der Waals surface area contributed by atoms with Gasteiger partial charge in [-0.3, -0.25) is 9.69 Å². The van der Waals surface area contributed by atoms with Crippen molar-refractivity contribution in [1.29, 1.82) is 10.5 Å². The SMILES string of the molecule is [C-]#[N+]C(C#N)C1CC(C(C#N)[N+]#[C-])C2CC(F)CCC12. The van der Waals surface area contributed by atoms with Gasteiger partial charge in [0.2, 0.25) is 0 Å². The molecule has 0 saturated heterocycles. The number of nitriles is 2. The Balaban J connectivity index is 2.29. The summed E-state index contributed by atoms with van der Waals surface area (Å²) < 4.78 is 13.7. The standard InChI is InChI=1S/C15H15FN4/c1-19-14(7-17)12-6-13(15(8-18)20-2)11-5-9(16)3-4-10(11)12/h9-15H,3-6H2. The van der Waals surface area contributed by atoms with Crippen LogP contribution in [0, 0.1) is 59.5 Å². The number of rotatable bonds is 2. The van der Waals surface area contributed by atoms with E-state index in [1.807, 2.05) is 12.1 Å². The molecule has 20 heavy (non-hydrogen) atoms. The minimum absolute atomic E-state index is 0.0277. The first-order chi connectivity index (χ1) is 9.65. The summed E-state index contributed by atoms with van der Waals surface area (Å²) in [5.74, 6) is -0.218. The molecule has 0 N–H and O–H groups in total. The van der Waals surface area contributed by atoms with Crippen LogP contribution in [-0.4, -0.2) is 18.3 Å². The van der Waals surface area contributed by atoms with Gasteiger partial charge in [0.25, 0.3) is 0 Å². The summed E-state index contributed by atoms with van der Waals surface area (Å²) in [6.07, 6.45) is 1.15. The zero-order chi connectivity index (χ0) is 14.7. The van der Waals surface area contributed by atoms with Gasteiger partial charge >= 0.3 is 12.1 Å². The van der Waals surface area contributed by atoms with Crippen LogP contribution in [0.5, 0.6) is 0 Å². The molecule has 4 nitrogen and oxygen atoms in total. The minimum atomic E-state index is -0.879. The average molecular weight is 270 g/mol. The largest absolute Gasteiger partial charge is 0.310 e. The molecule has 5 heteroatoms. The fourth-order valence-corrected chi connectivity index (χ4v) is 4.03. The molecule has 7 unspecified atom stereocenters. The van der Waals surface area contributed by atoms with E-state index in [0.717, 1.165) is 0 Å². The highest BCUT2D eigenvalue weighted by Gasteiger charge is 2.55. The van der Waals surface area contributed by atoms with E-state index in [-0.39, 0.29) is 23.7 Å². The molecule has 0 radical (unpaired) electrons. The fourth-order valence-electron chi connectivity index (χ4n) is 4.03. The van der Waals surface area contributed by atoms with E-state index < -0.39 is 18.3 Å². The number of fused-ring (bicyclic) bond motifs is 1. The van der Waals surface area contributed by atoms with Crippen LogP contribution < -0.4 is 0 Å². The Morgan fingerprint density at radius 2 is 1.50 bits per heavy atom. The highest BCUT2D eigenvalue weighted by molar-refractivity contribution is 5.15. The van der Waals surface area contributed by atoms with Gasteiger partial charge in [-0.1, -0.05) is 0 Å². The molecule has 2 saturated carbocycles. The summed E-state index contributed by atoms with van der Waals surface area (Å²) in [7, 11) is 0. The highest BCUT2D eigenvalue weighted by atomic mass is 19.1. The van der Waals surface area contributed by atoms with E-state index >= 15 is 0 Å². The second kappa shape index (κ2) is 5.90. The lowest BCUT2D eigenvalue weighted by Gasteiger charge is -2.32. The van der Waals surface area contributed by atoms with E-state index in [1.165, 1.54) is 0 Å². The molecule has 2 fully saturated rings. The third kappa shape index (κ3) is 2.33. The maximum atomic E-state index is 13.7. The van der Waals surface area contributed by atoms with Gasteiger partial charge in [-0.25, -0.2) is 17.5 Å². The molecule has 2 aliphatic rings. The highest BCUT2D eigenvalue weighted by Crippen LogP contribution is 2.52. The maximum absolute atomic E-state index is 13.7. The minimum Gasteiger partial charge on any atom is -0.297 e. The zero-order valence-electron chi connectivity index (χ0n) is 11.0. The molecule has 0 aromatic heterocycles. The molecule has 0 heterocycles. The Bertz CT molecular complexity index is 504. The van der Waals surface area contributed by atoms with E-state index in [4.69, 9.17) is 23.7 Å². The van der Waals surface area contributed by atoms with Crippen molar-refractivity contribution in [3.8, 4) is 12.1 Å². The number of hydrogen-bond acceptors (Lipinski definition) is 2. The predicted molar refractivity (Wildman–Crippen MR) is 69.3 cm³/mol. The second-order valence-corrected chi connectivity index (χ2v) is 5.71. The summed E-state index contributed by atoms with van der Waals surface area (Å²) >= 11 is 0. The average Bonchev–Trinajstić information content (AvgIpc) is 2.81. The van der Waals surface area contributed by atoms with Crippen LogP contribution in [0.3, 0.4) is 0 Å². The molecule has 2 rings (SSSR count). The lowest BCUT2D eigenvalue weighted by Crippen LogP contribution is -2.32. The quantitative estimate of drug-likeness (QED) is 0.724. The predicted octanol–water partition coefficient (Wildman–Crippen LogP) is 3.00. The van der Waals surface area contributed by atoms with Crippen LogP contribution in [0.2, 0.25) is 0 Å². The molecule has 0 bridgehead atoms. The van der Waals surface area contributed by atoms with Gasteiger partial charge < -0.3 is 0 Å². The zero-order valence-corrected chi connectivity index (χ0v) is 11.0. The van der Waals surface area contributed by atoms with Crippen LogP contribution in [0.4, 0.5) is 4.39 Å². The summed E-state index contributed by atoms with van der Waals surface area (Å²) in [4.78, 5) is 6.73. The first-order valence-corrected chi connectivity index (χ1v) is 6.82. The summed E-state index contributed by atoms with van der Waals surface area (Å²) in [5.41, 5.74) is 0. The van der Waals surface area contributed by atoms with Gasteiger partial charge in [0, 0.05) is 0 Å². The third-order valence-electron chi connectivity index (χ3n) is 4.89. The number of alkyl halides is 1. The van der Waals surface area contributed by atoms with E-state index in [0.29, 0.717) is 25.7 Å². The smallest absolute Gasteiger partial charge is 0.297 e. The Morgan fingerprint density at radius 1 is 0.950 bits per heavy atom. The van der Waals surface area contributed by atoms with Gasteiger partial charge in [-0.05, 0) is 37.5 Å². The molecule has 0 spiro atoms. The Morgan fingerprint density at radius 3 is 2.00 bits per heavy atom. The van der Waals surface area contributed by atoms with Crippen LogP contribution in [0.15, 0.2) is 0 Å². The van der Waals surface area contributed by atoms with Crippen molar-refractivity contribution >= 4 is 0 Å². The van der Waals surface area contributed by atoms with Crippen molar-refractivity contribution in [2.24, 2.45) is 23.7 Å². The van der Waals surface area contributed by atoms with Crippen LogP contribution in [0.25, 0.3) is 9.69 Å². The third-order valence-corrected chi connectivity index (χ3v) is 4.89. The topological polar surface area (TPSA) is 56.3 Å². The summed E-state index contributed by atoms with van der Waals surface area (Å²) in [6, 6.07) is 2.52. The number of hydrogen-bond donors (Lipinski definition) is 0. The van der Waals surface area contributed by atoms with Crippen LogP contribution in [0.1, 0.15) is 25.7 Å². The van der Waals surface area contributed by atoms with Crippen molar-refractivity contribution in [3.05, 3.63) is 22.8 Å². The molecule has 0 aromatic carbocycles. The fraction of sp³-hybridized carbons (Fsp3) is 0.733. The lowest BCUT2D eigenvalue weighted by atomic mass is 9.73. The molecule has 7 atom stereocenters. The van der Waals surface area contributed by atoms with Crippen molar-refractivity contribution in [3.63, 3.8) is 0 Å². The van der Waals surface area contributed by atoms with Crippen molar-refractivity contribution in [2.75, 3.05) is 0 Å². The van der Waals surface area contributed by atoms with Gasteiger partial charge in [0.05, 0.1) is 11.8 Å². The van der Waals surface area contributed by atoms with E-state index in [1.54, 1.807) is 0 Å². The molecular formula is C15H15FN4. The van der Waals surface area contributed by atoms with Gasteiger partial charge in [-0.15, -0.1) is 0 Å². The summed E-state index contributed by atoms with van der Waals surface area (Å²) in [5, 5.41) is 18.2. The van der Waals surface area contributed by atoms with Crippen molar-refractivity contribution < 1.29 is 4.39 Å². The maximum Gasteiger partial charge on any atom is 0.310 e. The summed E-state index contributed by atoms with van der Waals surface area (Å²) in [6.45, 7) is 14.3. The normalized spacial score (nSPS) is 38.4. The number of nitrogens with zero attached hydrogens (tertiary/aromatic N) is 4. The first-order valence-electron chi connectivity index (χ1n) is 6.82. The Labute approximate surface area is 118 Å². The molecule has 102 valence electrons. The number of halogens is 1. The Hall–Kier alpha value is -2.11. The van der Waals surface area contributed by atoms with E-state index in [2.05, 4.69) is 9.69 Å². The van der Waals surface area contributed by atoms with Crippen LogP contribution >= 0.6 is 0 Å². The molecule has 0 aromatic rings. The Kier molecular flexibility index (Phi) is 4.22. The second-order valence-electron chi connectivity index (χ2n) is 5.71. The molecule has 0 amide bonds. The van der Waals surface area contributed by atoms with Crippen molar-refractivity contribution in [2.45, 2.75) is 43.9 Å². The van der Waals surface area contributed by atoms with Gasteiger partial charge in [0.1, 0.15) is 6.17 Å². The van der Waals surface area contributed by atoms with Crippen LogP contribution in [-0.2, 0) is 0 Å². The van der Waals surface area contributed by atoms with Gasteiger partial charge in [-0.2, -0.15) is 10.5 Å². The van der Waals surface area contributed by atoms with Crippen molar-refractivity contribution in [1.82, 2.24) is 0 Å². The first kappa shape index (κ1) is 14.3. The molecular weight excluding hydrogens is 255 g/mol. The monoisotopic (exact) mass is 270 g/mol.